The largest absolute Gasteiger partial charge is 0.480 e. The van der Waals surface area contributed by atoms with Crippen LogP contribution < -0.4 is 5.32 Å². The second kappa shape index (κ2) is 6.12. The predicted octanol–water partition coefficient (Wildman–Crippen LogP) is -2.51. The van der Waals surface area contributed by atoms with Crippen molar-refractivity contribution < 1.29 is 35.1 Å². The molecular formula is C11H21NO7. The number of hydrogen-bond acceptors (Lipinski definition) is 7. The van der Waals surface area contributed by atoms with E-state index in [0.717, 1.165) is 0 Å². The molecule has 0 radical (unpaired) electrons. The summed E-state index contributed by atoms with van der Waals surface area (Å²) in [5.41, 5.74) is -1.81. The summed E-state index contributed by atoms with van der Waals surface area (Å²) in [6, 6.07) is -1.08. The van der Waals surface area contributed by atoms with Crippen LogP contribution in [0.3, 0.4) is 0 Å². The van der Waals surface area contributed by atoms with Crippen LogP contribution >= 0.6 is 0 Å². The minimum atomic E-state index is -1.81. The second-order valence-corrected chi connectivity index (χ2v) is 5.03. The Bertz CT molecular complexity index is 324. The van der Waals surface area contributed by atoms with Gasteiger partial charge in [0, 0.05) is 0 Å². The standard InChI is InChI=1S/C11H21NO7/c1-5(2)7(10(17)18)12-11(4-14)9(16)8(15)6(3-13)19-11/h5-9,12-16H,3-4H2,1-2H3,(H,17,18)/t6-,7+,8-,9+,11+/m1/s1. The van der Waals surface area contributed by atoms with E-state index in [9.17, 15) is 20.1 Å². The first-order chi connectivity index (χ1) is 8.79. The maximum Gasteiger partial charge on any atom is 0.321 e. The Morgan fingerprint density at radius 3 is 2.26 bits per heavy atom. The number of nitrogens with one attached hydrogen (secondary N) is 1. The summed E-state index contributed by atoms with van der Waals surface area (Å²) in [6.07, 6.45) is -4.04. The normalized spacial score (nSPS) is 36.7. The van der Waals surface area contributed by atoms with Gasteiger partial charge in [0.2, 0.25) is 0 Å². The molecule has 0 saturated carbocycles. The first kappa shape index (κ1) is 16.3. The maximum atomic E-state index is 11.1. The van der Waals surface area contributed by atoms with Crippen molar-refractivity contribution in [3.05, 3.63) is 0 Å². The zero-order valence-corrected chi connectivity index (χ0v) is 10.9. The third kappa shape index (κ3) is 3.04. The van der Waals surface area contributed by atoms with Gasteiger partial charge < -0.3 is 30.3 Å². The minimum Gasteiger partial charge on any atom is -0.480 e. The molecular weight excluding hydrogens is 258 g/mol. The van der Waals surface area contributed by atoms with Gasteiger partial charge in [0.15, 0.2) is 5.72 Å². The monoisotopic (exact) mass is 279 g/mol. The van der Waals surface area contributed by atoms with Gasteiger partial charge in [-0.05, 0) is 5.92 Å². The Morgan fingerprint density at radius 1 is 1.37 bits per heavy atom. The summed E-state index contributed by atoms with van der Waals surface area (Å²) >= 11 is 0. The van der Waals surface area contributed by atoms with E-state index in [1.165, 1.54) is 0 Å². The molecule has 5 atom stereocenters. The Hall–Kier alpha value is -0.770. The lowest BCUT2D eigenvalue weighted by molar-refractivity contribution is -0.160. The molecule has 0 aromatic rings. The lowest BCUT2D eigenvalue weighted by Gasteiger charge is -2.35. The lowest BCUT2D eigenvalue weighted by atomic mass is 9.98. The van der Waals surface area contributed by atoms with Crippen LogP contribution in [0.2, 0.25) is 0 Å². The van der Waals surface area contributed by atoms with E-state index in [1.54, 1.807) is 13.8 Å². The predicted molar refractivity (Wildman–Crippen MR) is 63.2 cm³/mol. The van der Waals surface area contributed by atoms with Crippen molar-refractivity contribution in [3.63, 3.8) is 0 Å². The molecule has 1 aliphatic rings. The highest BCUT2D eigenvalue weighted by molar-refractivity contribution is 5.73. The van der Waals surface area contributed by atoms with Crippen LogP contribution in [0.25, 0.3) is 0 Å². The first-order valence-electron chi connectivity index (χ1n) is 6.05. The molecule has 8 heteroatoms. The molecule has 0 bridgehead atoms. The fourth-order valence-corrected chi connectivity index (χ4v) is 2.11. The van der Waals surface area contributed by atoms with Crippen molar-refractivity contribution in [2.75, 3.05) is 13.2 Å². The van der Waals surface area contributed by atoms with Gasteiger partial charge in [0.1, 0.15) is 24.4 Å². The molecule has 1 fully saturated rings. The van der Waals surface area contributed by atoms with Crippen molar-refractivity contribution in [2.45, 2.75) is 43.9 Å². The number of aliphatic hydroxyl groups is 4. The van der Waals surface area contributed by atoms with E-state index >= 15 is 0 Å². The molecule has 0 amide bonds. The van der Waals surface area contributed by atoms with Crippen molar-refractivity contribution in [3.8, 4) is 0 Å². The van der Waals surface area contributed by atoms with Crippen molar-refractivity contribution >= 4 is 5.97 Å². The summed E-state index contributed by atoms with van der Waals surface area (Å²) in [5.74, 6) is -1.50. The Labute approximate surface area is 110 Å². The van der Waals surface area contributed by atoms with Gasteiger partial charge in [-0.2, -0.15) is 0 Å². The fourth-order valence-electron chi connectivity index (χ4n) is 2.11. The molecule has 1 saturated heterocycles. The molecule has 6 N–H and O–H groups in total. The van der Waals surface area contributed by atoms with Gasteiger partial charge >= 0.3 is 5.97 Å². The topological polar surface area (TPSA) is 139 Å². The van der Waals surface area contributed by atoms with Crippen molar-refractivity contribution in [1.29, 1.82) is 0 Å². The Balaban J connectivity index is 2.95. The number of aliphatic hydroxyl groups excluding tert-OH is 4. The quantitative estimate of drug-likeness (QED) is 0.313. The van der Waals surface area contributed by atoms with Gasteiger partial charge in [-0.25, -0.2) is 0 Å². The summed E-state index contributed by atoms with van der Waals surface area (Å²) in [4.78, 5) is 11.1. The van der Waals surface area contributed by atoms with Gasteiger partial charge in [0.25, 0.3) is 0 Å². The number of carbonyl (C=O) groups is 1. The fraction of sp³-hybridized carbons (Fsp3) is 0.909. The van der Waals surface area contributed by atoms with E-state index < -0.39 is 49.3 Å². The maximum absolute atomic E-state index is 11.1. The van der Waals surface area contributed by atoms with E-state index in [2.05, 4.69) is 5.32 Å². The van der Waals surface area contributed by atoms with E-state index in [4.69, 9.17) is 14.9 Å². The van der Waals surface area contributed by atoms with Crippen LogP contribution in [0.5, 0.6) is 0 Å². The highest BCUT2D eigenvalue weighted by Crippen LogP contribution is 2.30. The van der Waals surface area contributed by atoms with E-state index in [1.807, 2.05) is 0 Å². The smallest absolute Gasteiger partial charge is 0.321 e. The molecule has 19 heavy (non-hydrogen) atoms. The molecule has 0 aromatic heterocycles. The van der Waals surface area contributed by atoms with Crippen LogP contribution in [0, 0.1) is 5.92 Å². The average Bonchev–Trinajstić information content (AvgIpc) is 2.60. The van der Waals surface area contributed by atoms with Crippen molar-refractivity contribution in [1.82, 2.24) is 5.32 Å². The molecule has 0 unspecified atom stereocenters. The summed E-state index contributed by atoms with van der Waals surface area (Å²) in [7, 11) is 0. The number of rotatable bonds is 6. The molecule has 0 aromatic carbocycles. The third-order valence-electron chi connectivity index (χ3n) is 3.29. The van der Waals surface area contributed by atoms with Crippen LogP contribution in [0.15, 0.2) is 0 Å². The molecule has 8 nitrogen and oxygen atoms in total. The van der Waals surface area contributed by atoms with Crippen LogP contribution in [0.4, 0.5) is 0 Å². The zero-order valence-electron chi connectivity index (χ0n) is 10.9. The highest BCUT2D eigenvalue weighted by atomic mass is 16.6. The molecule has 112 valence electrons. The van der Waals surface area contributed by atoms with Crippen LogP contribution in [-0.4, -0.2) is 74.8 Å². The zero-order chi connectivity index (χ0) is 14.8. The molecule has 1 aliphatic heterocycles. The average molecular weight is 279 g/mol. The van der Waals surface area contributed by atoms with Gasteiger partial charge in [-0.1, -0.05) is 13.8 Å². The Kier molecular flexibility index (Phi) is 5.25. The summed E-state index contributed by atoms with van der Waals surface area (Å²) in [6.45, 7) is 2.01. The van der Waals surface area contributed by atoms with E-state index in [-0.39, 0.29) is 5.92 Å². The summed E-state index contributed by atoms with van der Waals surface area (Å²) < 4.78 is 5.23. The number of carboxylic acids is 1. The molecule has 1 rings (SSSR count). The third-order valence-corrected chi connectivity index (χ3v) is 3.29. The molecule has 1 heterocycles. The van der Waals surface area contributed by atoms with Gasteiger partial charge in [-0.3, -0.25) is 10.1 Å². The van der Waals surface area contributed by atoms with Crippen LogP contribution in [-0.2, 0) is 9.53 Å². The SMILES string of the molecule is CC(C)[C@H](N[C@@]1(CO)O[C@H](CO)[C@@H](O)[C@@H]1O)C(=O)O. The Morgan fingerprint density at radius 2 is 1.95 bits per heavy atom. The number of aliphatic carboxylic acids is 1. The van der Waals surface area contributed by atoms with Crippen LogP contribution in [0.1, 0.15) is 13.8 Å². The minimum absolute atomic E-state index is 0.331. The van der Waals surface area contributed by atoms with Gasteiger partial charge in [-0.15, -0.1) is 0 Å². The van der Waals surface area contributed by atoms with Gasteiger partial charge in [0.05, 0.1) is 13.2 Å². The number of ether oxygens (including phenoxy) is 1. The summed E-state index contributed by atoms with van der Waals surface area (Å²) in [5, 5.41) is 49.6. The second-order valence-electron chi connectivity index (χ2n) is 5.03. The first-order valence-corrected chi connectivity index (χ1v) is 6.05. The highest BCUT2D eigenvalue weighted by Gasteiger charge is 2.55. The molecule has 0 spiro atoms. The molecule has 0 aliphatic carbocycles. The van der Waals surface area contributed by atoms with E-state index in [0.29, 0.717) is 0 Å². The lowest BCUT2D eigenvalue weighted by Crippen LogP contribution is -2.63. The van der Waals surface area contributed by atoms with Crippen molar-refractivity contribution in [2.24, 2.45) is 5.92 Å². The number of carboxylic acid groups (broad SMARTS) is 1. The number of hydrogen-bond donors (Lipinski definition) is 6.